The van der Waals surface area contributed by atoms with Gasteiger partial charge in [0.25, 0.3) is 0 Å². The second-order valence-electron chi connectivity index (χ2n) is 0. The molecule has 0 aromatic heterocycles. The van der Waals surface area contributed by atoms with Crippen molar-refractivity contribution in [3.8, 4) is 0 Å². The fourth-order valence-corrected chi connectivity index (χ4v) is 0. The number of rotatable bonds is 0. The van der Waals surface area contributed by atoms with Gasteiger partial charge < -0.3 is 0 Å². The molecule has 0 fully saturated rings. The van der Waals surface area contributed by atoms with Crippen molar-refractivity contribution in [1.29, 1.82) is 0 Å². The van der Waals surface area contributed by atoms with Gasteiger partial charge in [0.05, 0.1) is 0 Å². The van der Waals surface area contributed by atoms with Crippen molar-refractivity contribution in [2.45, 2.75) is 0 Å². The van der Waals surface area contributed by atoms with Gasteiger partial charge in [0, 0.05) is 44.8 Å². The molecular weight excluding hydrogens is 426 g/mol. The molecule has 4 heavy (non-hydrogen) atoms. The minimum Gasteiger partial charge on any atom is -0.255 e. The van der Waals surface area contributed by atoms with E-state index in [-0.39, 0.29) is 44.8 Å². The molecule has 0 aliphatic heterocycles. The second-order valence-corrected chi connectivity index (χ2v) is 0. The second kappa shape index (κ2) is 25.9. The van der Waals surface area contributed by atoms with Crippen LogP contribution in [-0.2, 0) is 44.8 Å². The standard InChI is InChI=1S/2Au.H2O2/c;;1-2/h;;1-2H. The van der Waals surface area contributed by atoms with Crippen molar-refractivity contribution in [3.63, 3.8) is 0 Å². The van der Waals surface area contributed by atoms with Gasteiger partial charge in [-0.2, -0.15) is 0 Å². The Hall–Kier alpha value is 1.40. The summed E-state index contributed by atoms with van der Waals surface area (Å²) in [7, 11) is 0. The average Bonchev–Trinajstić information content (AvgIpc) is 1.00. The van der Waals surface area contributed by atoms with Crippen LogP contribution in [0, 0.1) is 0 Å². The van der Waals surface area contributed by atoms with Crippen molar-refractivity contribution in [1.82, 2.24) is 0 Å². The molecule has 0 heterocycles. The molecule has 2 nitrogen and oxygen atoms in total. The Morgan fingerprint density at radius 3 is 0.750 bits per heavy atom. The summed E-state index contributed by atoms with van der Waals surface area (Å²) in [6.45, 7) is 0. The maximum absolute atomic E-state index is 6.00. The zero-order chi connectivity index (χ0) is 2.00. The van der Waals surface area contributed by atoms with Crippen LogP contribution in [0.15, 0.2) is 0 Å². The third kappa shape index (κ3) is 9.99. The fourth-order valence-electron chi connectivity index (χ4n) is 0. The summed E-state index contributed by atoms with van der Waals surface area (Å²) in [6, 6.07) is 0. The van der Waals surface area contributed by atoms with E-state index in [1.165, 1.54) is 0 Å². The van der Waals surface area contributed by atoms with E-state index in [0.717, 1.165) is 0 Å². The van der Waals surface area contributed by atoms with Crippen LogP contribution in [-0.4, -0.2) is 10.5 Å². The van der Waals surface area contributed by atoms with Gasteiger partial charge >= 0.3 is 0 Å². The smallest absolute Gasteiger partial charge is 0 e. The fraction of sp³-hybridized carbons (Fsp3) is 0. The molecule has 0 saturated heterocycles. The Kier molecular flexibility index (Phi) is 118. The van der Waals surface area contributed by atoms with Gasteiger partial charge in [-0.25, -0.2) is 0 Å². The summed E-state index contributed by atoms with van der Waals surface area (Å²) in [5, 5.41) is 12.0. The first-order valence-corrected chi connectivity index (χ1v) is 0.200. The van der Waals surface area contributed by atoms with Gasteiger partial charge in [-0.3, -0.25) is 10.5 Å². The third-order valence-corrected chi connectivity index (χ3v) is 0. The van der Waals surface area contributed by atoms with Crippen LogP contribution < -0.4 is 0 Å². The summed E-state index contributed by atoms with van der Waals surface area (Å²) < 4.78 is 0. The van der Waals surface area contributed by atoms with Crippen LogP contribution in [0.4, 0.5) is 0 Å². The van der Waals surface area contributed by atoms with E-state index in [4.69, 9.17) is 10.5 Å². The molecule has 0 spiro atoms. The predicted molar refractivity (Wildman–Crippen MR) is 5.26 cm³/mol. The van der Waals surface area contributed by atoms with Crippen molar-refractivity contribution in [2.75, 3.05) is 0 Å². The zero-order valence-electron chi connectivity index (χ0n) is 1.50. The summed E-state index contributed by atoms with van der Waals surface area (Å²) in [6.07, 6.45) is 0. The quantitative estimate of drug-likeness (QED) is 0.325. The van der Waals surface area contributed by atoms with E-state index >= 15 is 0 Å². The molecule has 0 saturated carbocycles. The maximum Gasteiger partial charge on any atom is 0 e. The Bertz CT molecular complexity index is 4.00. The monoisotopic (exact) mass is 428 g/mol. The molecule has 36 valence electrons. The minimum absolute atomic E-state index is 0. The predicted octanol–water partition coefficient (Wildman–Crippen LogP) is 0.0124. The van der Waals surface area contributed by atoms with E-state index in [0.29, 0.717) is 0 Å². The van der Waals surface area contributed by atoms with Crippen LogP contribution in [0.5, 0.6) is 0 Å². The topological polar surface area (TPSA) is 40.5 Å². The molecule has 0 aromatic carbocycles. The van der Waals surface area contributed by atoms with Crippen LogP contribution in [0.2, 0.25) is 0 Å². The largest absolute Gasteiger partial charge is 0.255 e. The molecule has 0 unspecified atom stereocenters. The van der Waals surface area contributed by atoms with Gasteiger partial charge in [-0.05, 0) is 0 Å². The van der Waals surface area contributed by atoms with Gasteiger partial charge in [0.1, 0.15) is 0 Å². The van der Waals surface area contributed by atoms with E-state index in [1.54, 1.807) is 0 Å². The van der Waals surface area contributed by atoms with Gasteiger partial charge in [0.2, 0.25) is 0 Å². The summed E-state index contributed by atoms with van der Waals surface area (Å²) >= 11 is 0. The van der Waals surface area contributed by atoms with Crippen LogP contribution in [0.1, 0.15) is 0 Å². The third-order valence-electron chi connectivity index (χ3n) is 0. The van der Waals surface area contributed by atoms with Crippen molar-refractivity contribution in [2.24, 2.45) is 0 Å². The summed E-state index contributed by atoms with van der Waals surface area (Å²) in [5.41, 5.74) is 0. The Morgan fingerprint density at radius 2 is 0.750 bits per heavy atom. The molecule has 2 N–H and O–H groups in total. The van der Waals surface area contributed by atoms with Crippen molar-refractivity contribution < 1.29 is 55.3 Å². The van der Waals surface area contributed by atoms with Crippen LogP contribution >= 0.6 is 0 Å². The van der Waals surface area contributed by atoms with Gasteiger partial charge in [-0.1, -0.05) is 0 Å². The SMILES string of the molecule is OO.[Au].[Au]. The van der Waals surface area contributed by atoms with Crippen LogP contribution in [0.25, 0.3) is 0 Å². The Balaban J connectivity index is -0.00000000500. The molecule has 0 aliphatic carbocycles. The first kappa shape index (κ1) is 18.1. The first-order valence-electron chi connectivity index (χ1n) is 0.200. The number of hydrogen-bond acceptors (Lipinski definition) is 2. The van der Waals surface area contributed by atoms with E-state index < -0.39 is 0 Å². The normalized spacial score (nSPS) is 1.50. The van der Waals surface area contributed by atoms with E-state index in [1.807, 2.05) is 0 Å². The first-order chi connectivity index (χ1) is 1.00. The number of hydrogen-bond donors (Lipinski definition) is 2. The van der Waals surface area contributed by atoms with E-state index in [9.17, 15) is 0 Å². The molecule has 0 rings (SSSR count). The average molecular weight is 428 g/mol. The van der Waals surface area contributed by atoms with Crippen LogP contribution in [0.3, 0.4) is 0 Å². The molecular formula is H2Au2O2. The molecule has 0 aromatic rings. The maximum atomic E-state index is 6.00. The van der Waals surface area contributed by atoms with Gasteiger partial charge in [-0.15, -0.1) is 0 Å². The van der Waals surface area contributed by atoms with E-state index in [2.05, 4.69) is 0 Å². The minimum atomic E-state index is 0. The molecule has 0 aliphatic rings. The Labute approximate surface area is 55.2 Å². The molecule has 2 radical (unpaired) electrons. The molecule has 0 bridgehead atoms. The van der Waals surface area contributed by atoms with Gasteiger partial charge in [0.15, 0.2) is 0 Å². The summed E-state index contributed by atoms with van der Waals surface area (Å²) in [5.74, 6) is 0. The zero-order valence-corrected chi connectivity index (χ0v) is 5.83. The van der Waals surface area contributed by atoms with Crippen molar-refractivity contribution >= 4 is 0 Å². The molecule has 0 atom stereocenters. The van der Waals surface area contributed by atoms with Crippen molar-refractivity contribution in [3.05, 3.63) is 0 Å². The molecule has 0 amide bonds. The molecule has 4 heteroatoms. The summed E-state index contributed by atoms with van der Waals surface area (Å²) in [4.78, 5) is 0. The Morgan fingerprint density at radius 1 is 0.750 bits per heavy atom.